The number of benzene rings is 2. The van der Waals surface area contributed by atoms with Crippen molar-refractivity contribution in [1.82, 2.24) is 0 Å². The fourth-order valence-corrected chi connectivity index (χ4v) is 5.19. The summed E-state index contributed by atoms with van der Waals surface area (Å²) in [6.07, 6.45) is 18.0. The van der Waals surface area contributed by atoms with Crippen molar-refractivity contribution in [3.8, 4) is 5.75 Å². The van der Waals surface area contributed by atoms with Gasteiger partial charge in [-0.05, 0) is 31.9 Å². The molecular formula is C31H44N3O+. The van der Waals surface area contributed by atoms with Crippen molar-refractivity contribution in [3.05, 3.63) is 53.8 Å². The number of unbranched alkanes of at least 4 members (excludes halogenated alkanes) is 9. The van der Waals surface area contributed by atoms with Crippen LogP contribution in [-0.4, -0.2) is 24.8 Å². The molecule has 2 aromatic rings. The van der Waals surface area contributed by atoms with Crippen LogP contribution in [0.2, 0.25) is 0 Å². The SMILES string of the molecule is CCCCCCCCCCCCNc1cc2c(c3ccccc13)N=C1C=C(C)C([NH2+]CC)C=C1O2. The van der Waals surface area contributed by atoms with E-state index in [1.54, 1.807) is 0 Å². The van der Waals surface area contributed by atoms with Gasteiger partial charge in [-0.3, -0.25) is 0 Å². The van der Waals surface area contributed by atoms with Crippen LogP contribution in [-0.2, 0) is 0 Å². The number of nitrogens with one attached hydrogen (secondary N) is 1. The molecule has 0 fully saturated rings. The van der Waals surface area contributed by atoms with Crippen molar-refractivity contribution in [3.63, 3.8) is 0 Å². The van der Waals surface area contributed by atoms with Crippen molar-refractivity contribution in [2.24, 2.45) is 4.99 Å². The topological polar surface area (TPSA) is 50.2 Å². The maximum Gasteiger partial charge on any atom is 0.155 e. The maximum atomic E-state index is 6.44. The fraction of sp³-hybridized carbons (Fsp3) is 0.516. The van der Waals surface area contributed by atoms with Crippen LogP contribution in [0.25, 0.3) is 10.8 Å². The lowest BCUT2D eigenvalue weighted by Gasteiger charge is -2.25. The molecular weight excluding hydrogens is 430 g/mol. The zero-order chi connectivity index (χ0) is 24.5. The van der Waals surface area contributed by atoms with Gasteiger partial charge in [-0.25, -0.2) is 4.99 Å². The molecule has 2 aromatic carbocycles. The zero-order valence-electron chi connectivity index (χ0n) is 22.0. The molecule has 2 aliphatic rings. The van der Waals surface area contributed by atoms with E-state index in [0.717, 1.165) is 47.1 Å². The van der Waals surface area contributed by atoms with Crippen molar-refractivity contribution in [2.75, 3.05) is 18.4 Å². The number of hydrogen-bond acceptors (Lipinski definition) is 3. The van der Waals surface area contributed by atoms with Crippen molar-refractivity contribution in [1.29, 1.82) is 0 Å². The van der Waals surface area contributed by atoms with Gasteiger partial charge in [0.05, 0.1) is 6.54 Å². The molecule has 4 heteroatoms. The molecule has 4 nitrogen and oxygen atoms in total. The zero-order valence-corrected chi connectivity index (χ0v) is 22.0. The van der Waals surface area contributed by atoms with Gasteiger partial charge in [0.1, 0.15) is 17.4 Å². The molecule has 1 atom stereocenters. The number of hydrogen-bond donors (Lipinski definition) is 2. The van der Waals surface area contributed by atoms with Crippen LogP contribution in [0, 0.1) is 0 Å². The average molecular weight is 475 g/mol. The lowest BCUT2D eigenvalue weighted by molar-refractivity contribution is -0.668. The molecule has 1 heterocycles. The summed E-state index contributed by atoms with van der Waals surface area (Å²) in [5, 5.41) is 8.40. The highest BCUT2D eigenvalue weighted by molar-refractivity contribution is 6.14. The number of allylic oxidation sites excluding steroid dienone is 1. The lowest BCUT2D eigenvalue weighted by atomic mass is 9.97. The van der Waals surface area contributed by atoms with E-state index >= 15 is 0 Å². The molecule has 35 heavy (non-hydrogen) atoms. The van der Waals surface area contributed by atoms with Gasteiger partial charge in [0.2, 0.25) is 0 Å². The summed E-state index contributed by atoms with van der Waals surface area (Å²) in [4.78, 5) is 5.05. The third kappa shape index (κ3) is 6.55. The van der Waals surface area contributed by atoms with Crippen molar-refractivity contribution >= 4 is 27.9 Å². The largest absolute Gasteiger partial charge is 0.453 e. The summed E-state index contributed by atoms with van der Waals surface area (Å²) in [6.45, 7) is 8.68. The molecule has 0 radical (unpaired) electrons. The Morgan fingerprint density at radius 1 is 0.914 bits per heavy atom. The third-order valence-corrected chi connectivity index (χ3v) is 7.24. The van der Waals surface area contributed by atoms with E-state index in [-0.39, 0.29) is 0 Å². The predicted molar refractivity (Wildman–Crippen MR) is 150 cm³/mol. The summed E-state index contributed by atoms with van der Waals surface area (Å²) in [5.41, 5.74) is 4.35. The second-order valence-electron chi connectivity index (χ2n) is 10.1. The summed E-state index contributed by atoms with van der Waals surface area (Å²) in [7, 11) is 0. The standard InChI is InChI=1S/C31H43N3O/c1-4-6-7-8-9-10-11-12-13-16-19-33-27-22-30-31(25-18-15-14-17-24(25)27)34-28-20-23(3)26(32-5-2)21-29(28)35-30/h14-15,17-18,20-22,26,32-33H,4-13,16,19H2,1-3H3/p+1. The molecule has 188 valence electrons. The number of anilines is 1. The molecule has 4 rings (SSSR count). The van der Waals surface area contributed by atoms with Gasteiger partial charge in [0, 0.05) is 35.1 Å². The van der Waals surface area contributed by atoms with Crippen LogP contribution in [0.4, 0.5) is 11.4 Å². The highest BCUT2D eigenvalue weighted by atomic mass is 16.5. The van der Waals surface area contributed by atoms with E-state index in [9.17, 15) is 0 Å². The fourth-order valence-electron chi connectivity index (χ4n) is 5.19. The molecule has 0 amide bonds. The monoisotopic (exact) mass is 474 g/mol. The summed E-state index contributed by atoms with van der Waals surface area (Å²) < 4.78 is 6.44. The van der Waals surface area contributed by atoms with Crippen LogP contribution in [0.5, 0.6) is 5.75 Å². The Kier molecular flexibility index (Phi) is 9.42. The first kappa shape index (κ1) is 25.5. The van der Waals surface area contributed by atoms with Gasteiger partial charge in [-0.1, -0.05) is 89.0 Å². The Hall–Kier alpha value is -2.59. The Labute approximate surface area is 211 Å². The molecule has 1 aliphatic carbocycles. The van der Waals surface area contributed by atoms with E-state index in [0.29, 0.717) is 6.04 Å². The van der Waals surface area contributed by atoms with Crippen molar-refractivity contribution < 1.29 is 10.1 Å². The number of quaternary nitrogens is 1. The molecule has 3 N–H and O–H groups in total. The van der Waals surface area contributed by atoms with E-state index in [1.807, 2.05) is 0 Å². The Morgan fingerprint density at radius 3 is 2.31 bits per heavy atom. The minimum Gasteiger partial charge on any atom is -0.453 e. The van der Waals surface area contributed by atoms with Crippen molar-refractivity contribution in [2.45, 2.75) is 91.0 Å². The first-order valence-electron chi connectivity index (χ1n) is 14.0. The summed E-state index contributed by atoms with van der Waals surface area (Å²) in [6, 6.07) is 11.0. The molecule has 0 saturated heterocycles. The average Bonchev–Trinajstić information content (AvgIpc) is 2.87. The molecule has 0 aromatic heterocycles. The molecule has 0 spiro atoms. The number of fused-ring (bicyclic) bond motifs is 4. The quantitative estimate of drug-likeness (QED) is 0.280. The summed E-state index contributed by atoms with van der Waals surface area (Å²) >= 11 is 0. The number of rotatable bonds is 14. The van der Waals surface area contributed by atoms with Gasteiger partial charge in [-0.2, -0.15) is 0 Å². The molecule has 0 saturated carbocycles. The number of ether oxygens (including phenoxy) is 1. The van der Waals surface area contributed by atoms with Crippen LogP contribution >= 0.6 is 0 Å². The maximum absolute atomic E-state index is 6.44. The Balaban J connectivity index is 1.37. The first-order valence-corrected chi connectivity index (χ1v) is 14.0. The number of nitrogens with two attached hydrogens (primary N) is 1. The second-order valence-corrected chi connectivity index (χ2v) is 10.1. The second kappa shape index (κ2) is 12.9. The van der Waals surface area contributed by atoms with Gasteiger partial charge in [0.25, 0.3) is 0 Å². The van der Waals surface area contributed by atoms with Gasteiger partial charge in [0.15, 0.2) is 11.5 Å². The number of likely N-dealkylation sites (N-methyl/N-ethyl adjacent to an activating group) is 1. The van der Waals surface area contributed by atoms with Gasteiger partial charge in [-0.15, -0.1) is 0 Å². The number of nitrogens with zero attached hydrogens (tertiary/aromatic N) is 1. The first-order chi connectivity index (χ1) is 17.2. The number of aliphatic imine (C=N–C) groups is 1. The normalized spacial score (nSPS) is 16.7. The predicted octanol–water partition coefficient (Wildman–Crippen LogP) is 7.43. The minimum atomic E-state index is 0.324. The molecule has 1 aliphatic heterocycles. The molecule has 0 bridgehead atoms. The van der Waals surface area contributed by atoms with Crippen LogP contribution in [0.3, 0.4) is 0 Å². The lowest BCUT2D eigenvalue weighted by Crippen LogP contribution is -2.89. The van der Waals surface area contributed by atoms with Crippen LogP contribution in [0.1, 0.15) is 85.0 Å². The minimum absolute atomic E-state index is 0.324. The molecule has 1 unspecified atom stereocenters. The highest BCUT2D eigenvalue weighted by Gasteiger charge is 2.27. The third-order valence-electron chi connectivity index (χ3n) is 7.24. The summed E-state index contributed by atoms with van der Waals surface area (Å²) in [5.74, 6) is 1.74. The Morgan fingerprint density at radius 2 is 1.60 bits per heavy atom. The Bertz CT molecular complexity index is 1080. The smallest absolute Gasteiger partial charge is 0.155 e. The van der Waals surface area contributed by atoms with E-state index < -0.39 is 0 Å². The van der Waals surface area contributed by atoms with Gasteiger partial charge < -0.3 is 15.4 Å². The van der Waals surface area contributed by atoms with Crippen LogP contribution < -0.4 is 15.4 Å². The van der Waals surface area contributed by atoms with E-state index in [2.05, 4.69) is 73.9 Å². The van der Waals surface area contributed by atoms with E-state index in [4.69, 9.17) is 9.73 Å². The van der Waals surface area contributed by atoms with E-state index in [1.165, 1.54) is 75.2 Å². The van der Waals surface area contributed by atoms with Gasteiger partial charge >= 0.3 is 0 Å². The highest BCUT2D eigenvalue weighted by Crippen LogP contribution is 2.44. The van der Waals surface area contributed by atoms with Crippen LogP contribution in [0.15, 0.2) is 58.8 Å².